The SMILES string of the molecule is CC(C)C1CCC(=O)N(Cc2ccc(C(=O)O)cn2)CC1. The van der Waals surface area contributed by atoms with Gasteiger partial charge in [0.25, 0.3) is 0 Å². The highest BCUT2D eigenvalue weighted by Gasteiger charge is 2.24. The van der Waals surface area contributed by atoms with E-state index >= 15 is 0 Å². The Balaban J connectivity index is 2.01. The third-order valence-electron chi connectivity index (χ3n) is 4.22. The molecule has 1 N–H and O–H groups in total. The van der Waals surface area contributed by atoms with E-state index in [1.807, 2.05) is 4.90 Å². The molecule has 1 atom stereocenters. The van der Waals surface area contributed by atoms with Crippen LogP contribution < -0.4 is 0 Å². The van der Waals surface area contributed by atoms with Gasteiger partial charge in [-0.1, -0.05) is 13.8 Å². The second kappa shape index (κ2) is 6.70. The van der Waals surface area contributed by atoms with Crippen LogP contribution in [0.3, 0.4) is 0 Å². The van der Waals surface area contributed by atoms with Crippen LogP contribution in [0.2, 0.25) is 0 Å². The summed E-state index contributed by atoms with van der Waals surface area (Å²) in [5.74, 6) is 0.383. The van der Waals surface area contributed by atoms with Crippen LogP contribution in [0, 0.1) is 11.8 Å². The van der Waals surface area contributed by atoms with E-state index in [1.54, 1.807) is 6.07 Å². The molecule has 21 heavy (non-hydrogen) atoms. The molecule has 1 aromatic heterocycles. The van der Waals surface area contributed by atoms with Crippen molar-refractivity contribution in [2.24, 2.45) is 11.8 Å². The van der Waals surface area contributed by atoms with Crippen molar-refractivity contribution in [3.63, 3.8) is 0 Å². The second-order valence-corrected chi connectivity index (χ2v) is 5.99. The molecule has 1 unspecified atom stereocenters. The molecule has 0 saturated carbocycles. The molecule has 1 aromatic rings. The van der Waals surface area contributed by atoms with Gasteiger partial charge in [0.1, 0.15) is 0 Å². The summed E-state index contributed by atoms with van der Waals surface area (Å²) in [7, 11) is 0. The third kappa shape index (κ3) is 4.03. The van der Waals surface area contributed by atoms with E-state index in [1.165, 1.54) is 12.3 Å². The summed E-state index contributed by atoms with van der Waals surface area (Å²) in [4.78, 5) is 28.9. The summed E-state index contributed by atoms with van der Waals surface area (Å²) in [6.07, 6.45) is 3.92. The maximum Gasteiger partial charge on any atom is 0.337 e. The maximum absolute atomic E-state index is 12.2. The van der Waals surface area contributed by atoms with E-state index in [0.29, 0.717) is 24.8 Å². The van der Waals surface area contributed by atoms with Gasteiger partial charge in [0.15, 0.2) is 0 Å². The Labute approximate surface area is 125 Å². The van der Waals surface area contributed by atoms with Crippen LogP contribution in [0.25, 0.3) is 0 Å². The van der Waals surface area contributed by atoms with Gasteiger partial charge in [-0.05, 0) is 36.8 Å². The summed E-state index contributed by atoms with van der Waals surface area (Å²) in [6, 6.07) is 3.21. The van der Waals surface area contributed by atoms with Gasteiger partial charge in [0.2, 0.25) is 5.91 Å². The summed E-state index contributed by atoms with van der Waals surface area (Å²) in [6.45, 7) is 5.63. The molecule has 0 spiro atoms. The van der Waals surface area contributed by atoms with E-state index < -0.39 is 5.97 Å². The predicted molar refractivity (Wildman–Crippen MR) is 78.8 cm³/mol. The number of hydrogen-bond acceptors (Lipinski definition) is 3. The molecule has 1 fully saturated rings. The highest BCUT2D eigenvalue weighted by atomic mass is 16.4. The second-order valence-electron chi connectivity index (χ2n) is 5.99. The van der Waals surface area contributed by atoms with Gasteiger partial charge in [-0.2, -0.15) is 0 Å². The van der Waals surface area contributed by atoms with Crippen LogP contribution in [0.15, 0.2) is 18.3 Å². The lowest BCUT2D eigenvalue weighted by molar-refractivity contribution is -0.131. The Morgan fingerprint density at radius 3 is 2.76 bits per heavy atom. The van der Waals surface area contributed by atoms with E-state index in [0.717, 1.165) is 25.1 Å². The Morgan fingerprint density at radius 1 is 1.43 bits per heavy atom. The van der Waals surface area contributed by atoms with Gasteiger partial charge in [-0.3, -0.25) is 9.78 Å². The zero-order valence-electron chi connectivity index (χ0n) is 12.6. The van der Waals surface area contributed by atoms with Gasteiger partial charge in [-0.25, -0.2) is 4.79 Å². The monoisotopic (exact) mass is 290 g/mol. The van der Waals surface area contributed by atoms with E-state index in [-0.39, 0.29) is 11.5 Å². The average molecular weight is 290 g/mol. The van der Waals surface area contributed by atoms with Gasteiger partial charge in [-0.15, -0.1) is 0 Å². The van der Waals surface area contributed by atoms with E-state index in [2.05, 4.69) is 18.8 Å². The highest BCUT2D eigenvalue weighted by molar-refractivity contribution is 5.87. The van der Waals surface area contributed by atoms with Gasteiger partial charge in [0, 0.05) is 19.2 Å². The number of rotatable bonds is 4. The number of aromatic carboxylic acids is 1. The zero-order chi connectivity index (χ0) is 15.4. The fourth-order valence-corrected chi connectivity index (χ4v) is 2.73. The smallest absolute Gasteiger partial charge is 0.337 e. The first kappa shape index (κ1) is 15.5. The number of carboxylic acids is 1. The van der Waals surface area contributed by atoms with Gasteiger partial charge < -0.3 is 10.0 Å². The summed E-state index contributed by atoms with van der Waals surface area (Å²) in [5.41, 5.74) is 0.900. The average Bonchev–Trinajstić information content (AvgIpc) is 2.62. The maximum atomic E-state index is 12.2. The van der Waals surface area contributed by atoms with E-state index in [9.17, 15) is 9.59 Å². The number of nitrogens with zero attached hydrogens (tertiary/aromatic N) is 2. The first-order valence-electron chi connectivity index (χ1n) is 7.43. The number of hydrogen-bond donors (Lipinski definition) is 1. The van der Waals surface area contributed by atoms with Crippen molar-refractivity contribution in [3.05, 3.63) is 29.6 Å². The largest absolute Gasteiger partial charge is 0.478 e. The van der Waals surface area contributed by atoms with Crippen molar-refractivity contribution in [1.82, 2.24) is 9.88 Å². The molecule has 0 aromatic carbocycles. The van der Waals surface area contributed by atoms with Crippen molar-refractivity contribution in [1.29, 1.82) is 0 Å². The number of aromatic nitrogens is 1. The van der Waals surface area contributed by atoms with Crippen molar-refractivity contribution < 1.29 is 14.7 Å². The fourth-order valence-electron chi connectivity index (χ4n) is 2.73. The predicted octanol–water partition coefficient (Wildman–Crippen LogP) is 2.56. The van der Waals surface area contributed by atoms with Crippen molar-refractivity contribution in [2.45, 2.75) is 39.7 Å². The minimum atomic E-state index is -0.986. The quantitative estimate of drug-likeness (QED) is 0.925. The minimum absolute atomic E-state index is 0.167. The number of carboxylic acid groups (broad SMARTS) is 1. The summed E-state index contributed by atoms with van der Waals surface area (Å²) >= 11 is 0. The Morgan fingerprint density at radius 2 is 2.19 bits per heavy atom. The Bertz CT molecular complexity index is 511. The van der Waals surface area contributed by atoms with Crippen molar-refractivity contribution in [2.75, 3.05) is 6.54 Å². The molecule has 1 aliphatic rings. The summed E-state index contributed by atoms with van der Waals surface area (Å²) < 4.78 is 0. The van der Waals surface area contributed by atoms with Crippen LogP contribution in [0.1, 0.15) is 49.2 Å². The molecule has 0 bridgehead atoms. The molecule has 0 aliphatic carbocycles. The van der Waals surface area contributed by atoms with Gasteiger partial charge in [0.05, 0.1) is 17.8 Å². The van der Waals surface area contributed by atoms with Gasteiger partial charge >= 0.3 is 5.97 Å². The molecule has 1 aliphatic heterocycles. The standard InChI is InChI=1S/C16H22N2O3/c1-11(2)12-4-6-15(19)18(8-7-12)10-14-5-3-13(9-17-14)16(20)21/h3,5,9,11-12H,4,6-8,10H2,1-2H3,(H,20,21). The third-order valence-corrected chi connectivity index (χ3v) is 4.22. The van der Waals surface area contributed by atoms with E-state index in [4.69, 9.17) is 5.11 Å². The topological polar surface area (TPSA) is 70.5 Å². The van der Waals surface area contributed by atoms with Crippen molar-refractivity contribution in [3.8, 4) is 0 Å². The van der Waals surface area contributed by atoms with Crippen molar-refractivity contribution >= 4 is 11.9 Å². The molecule has 2 rings (SSSR count). The molecule has 114 valence electrons. The lowest BCUT2D eigenvalue weighted by Gasteiger charge is -2.21. The van der Waals surface area contributed by atoms with Crippen LogP contribution in [0.4, 0.5) is 0 Å². The number of amides is 1. The summed E-state index contributed by atoms with van der Waals surface area (Å²) in [5, 5.41) is 8.85. The normalized spacial score (nSPS) is 19.7. The molecule has 5 nitrogen and oxygen atoms in total. The Hall–Kier alpha value is -1.91. The fraction of sp³-hybridized carbons (Fsp3) is 0.562. The molecule has 2 heterocycles. The first-order valence-corrected chi connectivity index (χ1v) is 7.43. The molecular weight excluding hydrogens is 268 g/mol. The number of carbonyl (C=O) groups is 2. The number of pyridine rings is 1. The molecule has 1 amide bonds. The van der Waals surface area contributed by atoms with Crippen LogP contribution in [0.5, 0.6) is 0 Å². The minimum Gasteiger partial charge on any atom is -0.478 e. The highest BCUT2D eigenvalue weighted by Crippen LogP contribution is 2.25. The molecule has 5 heteroatoms. The van der Waals surface area contributed by atoms with Crippen LogP contribution in [-0.4, -0.2) is 33.4 Å². The first-order chi connectivity index (χ1) is 9.97. The lowest BCUT2D eigenvalue weighted by Crippen LogP contribution is -2.30. The van der Waals surface area contributed by atoms with Crippen LogP contribution in [-0.2, 0) is 11.3 Å². The number of likely N-dealkylation sites (tertiary alicyclic amines) is 1. The molecule has 0 radical (unpaired) electrons. The lowest BCUT2D eigenvalue weighted by atomic mass is 9.89. The Kier molecular flexibility index (Phi) is 4.94. The zero-order valence-corrected chi connectivity index (χ0v) is 12.6. The molecule has 1 saturated heterocycles. The molecular formula is C16H22N2O3. The van der Waals surface area contributed by atoms with Crippen LogP contribution >= 0.6 is 0 Å². The number of carbonyl (C=O) groups excluding carboxylic acids is 1.